The molecule has 5 nitrogen and oxygen atoms in total. The van der Waals surface area contributed by atoms with E-state index in [0.717, 1.165) is 56.3 Å². The van der Waals surface area contributed by atoms with Gasteiger partial charge < -0.3 is 15.6 Å². The third-order valence-corrected chi connectivity index (χ3v) is 7.04. The monoisotopic (exact) mass is 362 g/mol. The highest BCUT2D eigenvalue weighted by atomic mass is 16.2. The molecule has 3 saturated carbocycles. The Morgan fingerprint density at radius 1 is 1.48 bits per heavy atom. The van der Waals surface area contributed by atoms with Crippen LogP contribution in [0.25, 0.3) is 11.0 Å². The summed E-state index contributed by atoms with van der Waals surface area (Å²) < 4.78 is 0. The van der Waals surface area contributed by atoms with Crippen molar-refractivity contribution < 1.29 is 4.79 Å². The fraction of sp³-hybridized carbons (Fsp3) is 0.545. The molecule has 2 aromatic rings. The Kier molecular flexibility index (Phi) is 3.48. The molecule has 27 heavy (non-hydrogen) atoms. The van der Waals surface area contributed by atoms with E-state index in [2.05, 4.69) is 28.9 Å². The van der Waals surface area contributed by atoms with Crippen LogP contribution >= 0.6 is 0 Å². The maximum Gasteiger partial charge on any atom is 0.299 e. The van der Waals surface area contributed by atoms with Crippen LogP contribution in [-0.4, -0.2) is 32.4 Å². The molecule has 0 radical (unpaired) electrons. The largest absolute Gasteiger partial charge is 0.341 e. The van der Waals surface area contributed by atoms with Crippen LogP contribution < -0.4 is 5.73 Å². The number of aromatic amines is 1. The van der Waals surface area contributed by atoms with E-state index in [1.165, 1.54) is 10.9 Å². The number of hydrogen-bond donors (Lipinski definition) is 2. The van der Waals surface area contributed by atoms with Crippen molar-refractivity contribution in [3.05, 3.63) is 29.6 Å². The summed E-state index contributed by atoms with van der Waals surface area (Å²) in [6, 6.07) is 4.26. The number of nitrogens with zero attached hydrogens (tertiary/aromatic N) is 2. The van der Waals surface area contributed by atoms with E-state index in [1.807, 2.05) is 17.2 Å². The van der Waals surface area contributed by atoms with E-state index < -0.39 is 0 Å². The third kappa shape index (κ3) is 2.23. The lowest BCUT2D eigenvalue weighted by atomic mass is 9.36. The molecule has 3 aliphatic carbocycles. The van der Waals surface area contributed by atoms with Crippen molar-refractivity contribution in [3.8, 4) is 12.3 Å². The molecular formula is C22H26N4O. The summed E-state index contributed by atoms with van der Waals surface area (Å²) in [5.74, 6) is 2.22. The molecule has 2 bridgehead atoms. The van der Waals surface area contributed by atoms with Crippen LogP contribution in [0, 0.1) is 17.8 Å². The maximum atomic E-state index is 12.9. The lowest BCUT2D eigenvalue weighted by molar-refractivity contribution is -0.195. The summed E-state index contributed by atoms with van der Waals surface area (Å²) >= 11 is 0. The van der Waals surface area contributed by atoms with E-state index >= 15 is 0 Å². The predicted octanol–water partition coefficient (Wildman–Crippen LogP) is 3.06. The minimum Gasteiger partial charge on any atom is -0.341 e. The van der Waals surface area contributed by atoms with Crippen LogP contribution in [0.2, 0.25) is 0 Å². The minimum absolute atomic E-state index is 0.00807. The molecule has 3 N–H and O–H groups in total. The number of fused-ring (bicyclic) bond motifs is 3. The first-order chi connectivity index (χ1) is 13.0. The number of pyridine rings is 1. The van der Waals surface area contributed by atoms with E-state index in [0.29, 0.717) is 0 Å². The van der Waals surface area contributed by atoms with E-state index in [-0.39, 0.29) is 28.9 Å². The molecule has 3 heterocycles. The van der Waals surface area contributed by atoms with Crippen molar-refractivity contribution in [3.63, 3.8) is 0 Å². The molecule has 1 aliphatic heterocycles. The van der Waals surface area contributed by atoms with Gasteiger partial charge >= 0.3 is 0 Å². The van der Waals surface area contributed by atoms with Gasteiger partial charge in [0.1, 0.15) is 5.65 Å². The first kappa shape index (κ1) is 16.8. The highest BCUT2D eigenvalue weighted by Gasteiger charge is 2.71. The summed E-state index contributed by atoms with van der Waals surface area (Å²) in [5, 5.41) is 1.18. The molecule has 0 spiro atoms. The Morgan fingerprint density at radius 2 is 2.26 bits per heavy atom. The minimum atomic E-state index is -0.186. The molecule has 5 heteroatoms. The average Bonchev–Trinajstić information content (AvgIpc) is 2.99. The van der Waals surface area contributed by atoms with Crippen LogP contribution in [0.3, 0.4) is 0 Å². The summed E-state index contributed by atoms with van der Waals surface area (Å²) in [6.45, 7) is 2.19. The number of nitrogens with one attached hydrogen (secondary N) is 1. The second-order valence-electron chi connectivity index (χ2n) is 8.93. The van der Waals surface area contributed by atoms with Crippen LogP contribution in [0.4, 0.5) is 0 Å². The number of hydrogen-bond acceptors (Lipinski definition) is 3. The van der Waals surface area contributed by atoms with Crippen LogP contribution in [0.5, 0.6) is 0 Å². The lowest BCUT2D eigenvalue weighted by Gasteiger charge is -2.73. The van der Waals surface area contributed by atoms with Gasteiger partial charge in [-0.25, -0.2) is 4.98 Å². The summed E-state index contributed by atoms with van der Waals surface area (Å²) in [6.07, 6.45) is 14.4. The van der Waals surface area contributed by atoms with E-state index in [4.69, 9.17) is 12.2 Å². The fourth-order valence-electron chi connectivity index (χ4n) is 6.11. The van der Waals surface area contributed by atoms with Crippen molar-refractivity contribution in [2.75, 3.05) is 0 Å². The smallest absolute Gasteiger partial charge is 0.299 e. The second kappa shape index (κ2) is 5.59. The number of rotatable bonds is 4. The SMILES string of the molecule is C#CC(=O)N1[C@@H](CCCC)Cc2c([nH]c3ncccc23)[C@@H]1C12CC(N)(C1)C2. The molecule has 3 fully saturated rings. The number of terminal acetylenes is 1. The zero-order valence-electron chi connectivity index (χ0n) is 15.8. The zero-order valence-corrected chi connectivity index (χ0v) is 15.8. The number of amides is 1. The molecule has 0 unspecified atom stereocenters. The molecule has 140 valence electrons. The molecule has 0 saturated heterocycles. The van der Waals surface area contributed by atoms with Gasteiger partial charge in [0, 0.05) is 34.3 Å². The van der Waals surface area contributed by atoms with Gasteiger partial charge in [0.15, 0.2) is 0 Å². The third-order valence-electron chi connectivity index (χ3n) is 7.04. The maximum absolute atomic E-state index is 12.9. The molecule has 4 aliphatic rings. The van der Waals surface area contributed by atoms with Gasteiger partial charge in [0.05, 0.1) is 6.04 Å². The highest BCUT2D eigenvalue weighted by Crippen LogP contribution is 2.73. The molecule has 2 aromatic heterocycles. The molecule has 1 amide bonds. The number of nitrogens with two attached hydrogens (primary N) is 1. The summed E-state index contributed by atoms with van der Waals surface area (Å²) in [5.41, 5.74) is 9.80. The van der Waals surface area contributed by atoms with Gasteiger partial charge in [0.25, 0.3) is 5.91 Å². The van der Waals surface area contributed by atoms with Crippen molar-refractivity contribution >= 4 is 16.9 Å². The van der Waals surface area contributed by atoms with Crippen molar-refractivity contribution in [1.82, 2.24) is 14.9 Å². The Morgan fingerprint density at radius 3 is 2.93 bits per heavy atom. The van der Waals surface area contributed by atoms with Crippen molar-refractivity contribution in [1.29, 1.82) is 0 Å². The molecule has 6 rings (SSSR count). The molecule has 2 atom stereocenters. The van der Waals surface area contributed by atoms with Gasteiger partial charge in [-0.15, -0.1) is 6.42 Å². The van der Waals surface area contributed by atoms with Crippen molar-refractivity contribution in [2.24, 2.45) is 11.1 Å². The van der Waals surface area contributed by atoms with E-state index in [9.17, 15) is 4.79 Å². The Labute approximate surface area is 159 Å². The van der Waals surface area contributed by atoms with E-state index in [1.54, 1.807) is 0 Å². The van der Waals surface area contributed by atoms with Gasteiger partial charge in [-0.05, 0) is 55.7 Å². The van der Waals surface area contributed by atoms with Gasteiger partial charge in [0.2, 0.25) is 0 Å². The second-order valence-corrected chi connectivity index (χ2v) is 8.93. The van der Waals surface area contributed by atoms with Gasteiger partial charge in [-0.1, -0.05) is 19.8 Å². The van der Waals surface area contributed by atoms with Gasteiger partial charge in [-0.3, -0.25) is 4.79 Å². The van der Waals surface area contributed by atoms with Crippen LogP contribution in [0.1, 0.15) is 62.7 Å². The van der Waals surface area contributed by atoms with Crippen LogP contribution in [-0.2, 0) is 11.2 Å². The number of H-pyrrole nitrogens is 1. The fourth-order valence-corrected chi connectivity index (χ4v) is 6.11. The number of unbranched alkanes of at least 4 members (excludes halogenated alkanes) is 1. The number of aromatic nitrogens is 2. The number of carbonyl (C=O) groups excluding carboxylic acids is 1. The number of carbonyl (C=O) groups is 1. The zero-order chi connectivity index (χ0) is 18.8. The summed E-state index contributed by atoms with van der Waals surface area (Å²) in [7, 11) is 0. The quantitative estimate of drug-likeness (QED) is 0.821. The Balaban J connectivity index is 1.66. The highest BCUT2D eigenvalue weighted by molar-refractivity contribution is 5.94. The van der Waals surface area contributed by atoms with Gasteiger partial charge in [-0.2, -0.15) is 0 Å². The predicted molar refractivity (Wildman–Crippen MR) is 105 cm³/mol. The topological polar surface area (TPSA) is 75.0 Å². The standard InChI is InChI=1S/C22H26N4O/c1-3-5-7-14-10-16-15-8-6-9-24-20(15)25-18(16)19(26(14)17(27)4-2)21-11-22(23,12-21)13-21/h2,6,8-9,14,19H,3,5,7,10-13,23H2,1H3,(H,24,25)/t14-,19+,21?,22?/m0/s1. The first-order valence-electron chi connectivity index (χ1n) is 10.0. The molecular weight excluding hydrogens is 336 g/mol. The van der Waals surface area contributed by atoms with Crippen molar-refractivity contribution in [2.45, 2.75) is 69.5 Å². The normalized spacial score (nSPS) is 33.7. The Hall–Kier alpha value is -2.32. The lowest BCUT2D eigenvalue weighted by Crippen LogP contribution is -2.76. The van der Waals surface area contributed by atoms with Crippen LogP contribution in [0.15, 0.2) is 18.3 Å². The first-order valence-corrected chi connectivity index (χ1v) is 10.0. The molecule has 0 aromatic carbocycles. The average molecular weight is 362 g/mol. The summed E-state index contributed by atoms with van der Waals surface area (Å²) in [4.78, 5) is 23.0. The Bertz CT molecular complexity index is 949.